The quantitative estimate of drug-likeness (QED) is 0.866. The lowest BCUT2D eigenvalue weighted by Gasteiger charge is -2.12. The van der Waals surface area contributed by atoms with E-state index in [1.54, 1.807) is 0 Å². The van der Waals surface area contributed by atoms with E-state index in [1.165, 1.54) is 0 Å². The molecule has 0 aliphatic carbocycles. The Morgan fingerprint density at radius 2 is 2.16 bits per heavy atom. The second-order valence-corrected chi connectivity index (χ2v) is 5.07. The van der Waals surface area contributed by atoms with E-state index in [-0.39, 0.29) is 0 Å². The third-order valence-corrected chi connectivity index (χ3v) is 3.42. The van der Waals surface area contributed by atoms with Crippen LogP contribution in [0.25, 0.3) is 11.0 Å². The topological polar surface area (TPSA) is 53.1 Å². The number of hydrogen-bond acceptors (Lipinski definition) is 3. The Kier molecular flexibility index (Phi) is 4.30. The maximum atomic E-state index is 6.05. The third kappa shape index (κ3) is 2.83. The molecule has 1 aromatic carbocycles. The number of fused-ring (bicyclic) bond motifs is 1. The molecule has 4 nitrogen and oxygen atoms in total. The molecule has 0 saturated heterocycles. The first-order valence-electron chi connectivity index (χ1n) is 7.04. The normalized spacial score (nSPS) is 12.8. The highest BCUT2D eigenvalue weighted by Gasteiger charge is 2.13. The minimum Gasteiger partial charge on any atom is -0.491 e. The Morgan fingerprint density at radius 3 is 2.84 bits per heavy atom. The summed E-state index contributed by atoms with van der Waals surface area (Å²) >= 11 is 0. The summed E-state index contributed by atoms with van der Waals surface area (Å²) in [4.78, 5) is 4.47. The van der Waals surface area contributed by atoms with Gasteiger partial charge in [-0.3, -0.25) is 0 Å². The number of nitrogens with two attached hydrogens (primary N) is 1. The lowest BCUT2D eigenvalue weighted by molar-refractivity contribution is 0.320. The highest BCUT2D eigenvalue weighted by Crippen LogP contribution is 2.28. The van der Waals surface area contributed by atoms with Crippen molar-refractivity contribution in [3.8, 4) is 5.75 Å². The number of benzene rings is 1. The highest BCUT2D eigenvalue weighted by molar-refractivity contribution is 5.84. The fraction of sp³-hybridized carbons (Fsp3) is 0.533. The van der Waals surface area contributed by atoms with Gasteiger partial charge in [-0.05, 0) is 24.5 Å². The number of nitrogens with zero attached hydrogens (tertiary/aromatic N) is 2. The van der Waals surface area contributed by atoms with Gasteiger partial charge in [-0.1, -0.05) is 33.3 Å². The fourth-order valence-corrected chi connectivity index (χ4v) is 2.10. The first-order valence-corrected chi connectivity index (χ1v) is 7.04. The molecule has 4 heteroatoms. The molecule has 1 atom stereocenters. The van der Waals surface area contributed by atoms with Crippen LogP contribution in [0.1, 0.15) is 33.6 Å². The lowest BCUT2D eigenvalue weighted by atomic mass is 10.1. The summed E-state index contributed by atoms with van der Waals surface area (Å²) in [6.07, 6.45) is 2.12. The Bertz CT molecular complexity index is 548. The van der Waals surface area contributed by atoms with Gasteiger partial charge < -0.3 is 15.0 Å². The van der Waals surface area contributed by atoms with E-state index < -0.39 is 0 Å². The number of imidazole rings is 1. The average Bonchev–Trinajstić information content (AvgIpc) is 2.73. The minimum atomic E-state index is 0.572. The standard InChI is InChI=1S/C15H23N3O/c1-4-9-19-13-8-6-7-12-14(13)17-15(16)18(12)10-11(3)5-2/h6-8,11H,4-5,9-10H2,1-3H3,(H2,16,17). The summed E-state index contributed by atoms with van der Waals surface area (Å²) in [5.41, 5.74) is 7.98. The number of ether oxygens (including phenoxy) is 1. The third-order valence-electron chi connectivity index (χ3n) is 3.42. The van der Waals surface area contributed by atoms with E-state index in [2.05, 4.69) is 36.4 Å². The Morgan fingerprint density at radius 1 is 1.37 bits per heavy atom. The summed E-state index contributed by atoms with van der Waals surface area (Å²) < 4.78 is 7.82. The van der Waals surface area contributed by atoms with Gasteiger partial charge in [0.1, 0.15) is 11.3 Å². The second-order valence-electron chi connectivity index (χ2n) is 5.07. The molecule has 2 rings (SSSR count). The van der Waals surface area contributed by atoms with Crippen molar-refractivity contribution in [3.05, 3.63) is 18.2 Å². The number of para-hydroxylation sites is 1. The van der Waals surface area contributed by atoms with Crippen LogP contribution in [0.3, 0.4) is 0 Å². The summed E-state index contributed by atoms with van der Waals surface area (Å²) in [5.74, 6) is 1.98. The molecule has 104 valence electrons. The second kappa shape index (κ2) is 5.95. The number of nitrogen functional groups attached to an aromatic ring is 1. The lowest BCUT2D eigenvalue weighted by Crippen LogP contribution is -2.09. The molecule has 2 aromatic rings. The van der Waals surface area contributed by atoms with Crippen molar-refractivity contribution in [1.82, 2.24) is 9.55 Å². The molecule has 0 aliphatic heterocycles. The van der Waals surface area contributed by atoms with Crippen LogP contribution in [0.5, 0.6) is 5.75 Å². The molecule has 0 amide bonds. The summed E-state index contributed by atoms with van der Waals surface area (Å²) in [7, 11) is 0. The van der Waals surface area contributed by atoms with E-state index in [1.807, 2.05) is 12.1 Å². The molecule has 1 heterocycles. The van der Waals surface area contributed by atoms with E-state index in [9.17, 15) is 0 Å². The molecule has 0 radical (unpaired) electrons. The molecule has 0 spiro atoms. The van der Waals surface area contributed by atoms with Crippen LogP contribution in [-0.2, 0) is 6.54 Å². The van der Waals surface area contributed by atoms with E-state index in [0.717, 1.165) is 36.2 Å². The van der Waals surface area contributed by atoms with Gasteiger partial charge in [0, 0.05) is 6.54 Å². The minimum absolute atomic E-state index is 0.572. The van der Waals surface area contributed by atoms with E-state index >= 15 is 0 Å². The summed E-state index contributed by atoms with van der Waals surface area (Å²) in [5, 5.41) is 0. The molecule has 2 N–H and O–H groups in total. The number of anilines is 1. The van der Waals surface area contributed by atoms with Crippen LogP contribution in [-0.4, -0.2) is 16.2 Å². The van der Waals surface area contributed by atoms with Gasteiger partial charge >= 0.3 is 0 Å². The monoisotopic (exact) mass is 261 g/mol. The first-order chi connectivity index (χ1) is 9.17. The predicted octanol–water partition coefficient (Wildman–Crippen LogP) is 3.45. The average molecular weight is 261 g/mol. The van der Waals surface area contributed by atoms with Crippen molar-refractivity contribution in [2.75, 3.05) is 12.3 Å². The van der Waals surface area contributed by atoms with Crippen LogP contribution >= 0.6 is 0 Å². The number of aromatic nitrogens is 2. The van der Waals surface area contributed by atoms with Crippen molar-refractivity contribution >= 4 is 17.0 Å². The van der Waals surface area contributed by atoms with Crippen LogP contribution in [0.4, 0.5) is 5.95 Å². The van der Waals surface area contributed by atoms with Crippen molar-refractivity contribution in [1.29, 1.82) is 0 Å². The summed E-state index contributed by atoms with van der Waals surface area (Å²) in [6.45, 7) is 8.11. The summed E-state index contributed by atoms with van der Waals surface area (Å²) in [6, 6.07) is 6.01. The van der Waals surface area contributed by atoms with Gasteiger partial charge in [0.15, 0.2) is 0 Å². The van der Waals surface area contributed by atoms with Gasteiger partial charge in [0.25, 0.3) is 0 Å². The fourth-order valence-electron chi connectivity index (χ4n) is 2.10. The van der Waals surface area contributed by atoms with Gasteiger partial charge in [-0.25, -0.2) is 4.98 Å². The van der Waals surface area contributed by atoms with Gasteiger partial charge in [-0.2, -0.15) is 0 Å². The van der Waals surface area contributed by atoms with Crippen molar-refractivity contribution in [2.24, 2.45) is 5.92 Å². The van der Waals surface area contributed by atoms with Crippen LogP contribution in [0, 0.1) is 5.92 Å². The zero-order valence-corrected chi connectivity index (χ0v) is 12.0. The first kappa shape index (κ1) is 13.7. The van der Waals surface area contributed by atoms with Crippen molar-refractivity contribution in [3.63, 3.8) is 0 Å². The predicted molar refractivity (Wildman–Crippen MR) is 79.4 cm³/mol. The molecule has 19 heavy (non-hydrogen) atoms. The van der Waals surface area contributed by atoms with Gasteiger partial charge in [-0.15, -0.1) is 0 Å². The van der Waals surface area contributed by atoms with Crippen molar-refractivity contribution < 1.29 is 4.74 Å². The maximum Gasteiger partial charge on any atom is 0.201 e. The highest BCUT2D eigenvalue weighted by atomic mass is 16.5. The molecule has 1 unspecified atom stereocenters. The Hall–Kier alpha value is -1.71. The Labute approximate surface area is 114 Å². The molecule has 0 aliphatic rings. The molecule has 0 fully saturated rings. The molecule has 0 bridgehead atoms. The van der Waals surface area contributed by atoms with Gasteiger partial charge in [0.2, 0.25) is 5.95 Å². The smallest absolute Gasteiger partial charge is 0.201 e. The Balaban J connectivity index is 2.40. The van der Waals surface area contributed by atoms with Crippen LogP contribution < -0.4 is 10.5 Å². The number of hydrogen-bond donors (Lipinski definition) is 1. The maximum absolute atomic E-state index is 6.05. The largest absolute Gasteiger partial charge is 0.491 e. The van der Waals surface area contributed by atoms with E-state index in [4.69, 9.17) is 10.5 Å². The van der Waals surface area contributed by atoms with Crippen LogP contribution in [0.2, 0.25) is 0 Å². The zero-order chi connectivity index (χ0) is 13.8. The van der Waals surface area contributed by atoms with Crippen molar-refractivity contribution in [2.45, 2.75) is 40.2 Å². The SMILES string of the molecule is CCCOc1cccc2c1nc(N)n2CC(C)CC. The molecule has 1 aromatic heterocycles. The van der Waals surface area contributed by atoms with Gasteiger partial charge in [0.05, 0.1) is 12.1 Å². The van der Waals surface area contributed by atoms with E-state index in [0.29, 0.717) is 18.5 Å². The molecular formula is C15H23N3O. The zero-order valence-electron chi connectivity index (χ0n) is 12.0. The number of rotatable bonds is 6. The van der Waals surface area contributed by atoms with Crippen LogP contribution in [0.15, 0.2) is 18.2 Å². The molecule has 0 saturated carbocycles. The molecular weight excluding hydrogens is 238 g/mol.